The summed E-state index contributed by atoms with van der Waals surface area (Å²) in [4.78, 5) is 15.3. The van der Waals surface area contributed by atoms with Gasteiger partial charge in [0.2, 0.25) is 0 Å². The summed E-state index contributed by atoms with van der Waals surface area (Å²) in [5.74, 6) is 1.89. The van der Waals surface area contributed by atoms with Crippen molar-refractivity contribution >= 4 is 16.9 Å². The third-order valence-corrected chi connectivity index (χ3v) is 5.76. The van der Waals surface area contributed by atoms with Gasteiger partial charge < -0.3 is 23.1 Å². The molecule has 0 spiro atoms. The molecule has 1 aliphatic heterocycles. The molecule has 0 bridgehead atoms. The van der Waals surface area contributed by atoms with Crippen molar-refractivity contribution in [1.29, 1.82) is 0 Å². The van der Waals surface area contributed by atoms with Crippen molar-refractivity contribution in [3.8, 4) is 22.3 Å². The Bertz CT molecular complexity index is 1300. The summed E-state index contributed by atoms with van der Waals surface area (Å²) in [6, 6.07) is 5.40. The van der Waals surface area contributed by atoms with Crippen LogP contribution in [0.4, 0.5) is 5.88 Å². The number of rotatable bonds is 3. The summed E-state index contributed by atoms with van der Waals surface area (Å²) in [6.07, 6.45) is 0. The van der Waals surface area contributed by atoms with Gasteiger partial charge in [0.15, 0.2) is 11.3 Å². The van der Waals surface area contributed by atoms with E-state index in [1.807, 2.05) is 44.7 Å². The fourth-order valence-electron chi connectivity index (χ4n) is 4.28. The Kier molecular flexibility index (Phi) is 4.66. The molecule has 4 heterocycles. The predicted octanol–water partition coefficient (Wildman–Crippen LogP) is 4.17. The van der Waals surface area contributed by atoms with Gasteiger partial charge in [-0.25, -0.2) is 0 Å². The predicted molar refractivity (Wildman–Crippen MR) is 115 cm³/mol. The molecule has 3 aromatic heterocycles. The SMILES string of the molecule is Cc1noc(C)c1-c1cc(-c2c(C)noc2C)c2oc(N3CCOCC3)cc(=O)c2c1. The van der Waals surface area contributed by atoms with E-state index >= 15 is 0 Å². The van der Waals surface area contributed by atoms with E-state index in [4.69, 9.17) is 18.2 Å². The molecule has 0 saturated carbocycles. The first-order valence-electron chi connectivity index (χ1n) is 10.2. The lowest BCUT2D eigenvalue weighted by Gasteiger charge is -2.27. The summed E-state index contributed by atoms with van der Waals surface area (Å²) in [5.41, 5.74) is 5.18. The topological polar surface area (TPSA) is 94.7 Å². The van der Waals surface area contributed by atoms with Crippen LogP contribution in [-0.2, 0) is 4.74 Å². The Balaban J connectivity index is 1.83. The first kappa shape index (κ1) is 19.6. The highest BCUT2D eigenvalue weighted by molar-refractivity contribution is 5.97. The second-order valence-electron chi connectivity index (χ2n) is 7.85. The minimum absolute atomic E-state index is 0.107. The van der Waals surface area contributed by atoms with Crippen LogP contribution in [0, 0.1) is 27.7 Å². The first-order valence-corrected chi connectivity index (χ1v) is 10.2. The average molecular weight is 421 g/mol. The maximum absolute atomic E-state index is 13.2. The van der Waals surface area contributed by atoms with Crippen LogP contribution in [0.5, 0.6) is 0 Å². The van der Waals surface area contributed by atoms with E-state index in [1.54, 1.807) is 6.07 Å². The van der Waals surface area contributed by atoms with Gasteiger partial charge in [0.25, 0.3) is 0 Å². The number of nitrogens with zero attached hydrogens (tertiary/aromatic N) is 3. The van der Waals surface area contributed by atoms with E-state index in [1.165, 1.54) is 0 Å². The van der Waals surface area contributed by atoms with Crippen LogP contribution in [0.15, 0.2) is 36.5 Å². The van der Waals surface area contributed by atoms with Crippen LogP contribution >= 0.6 is 0 Å². The molecule has 0 N–H and O–H groups in total. The van der Waals surface area contributed by atoms with Gasteiger partial charge in [-0.3, -0.25) is 4.79 Å². The van der Waals surface area contributed by atoms with Crippen LogP contribution in [0.3, 0.4) is 0 Å². The van der Waals surface area contributed by atoms with Gasteiger partial charge in [0.1, 0.15) is 17.1 Å². The molecule has 8 heteroatoms. The standard InChI is InChI=1S/C23H23N3O5/c1-12-21(14(3)30-24-12)16-9-17-19(27)11-20(26-5-7-28-8-6-26)29-23(17)18(10-16)22-13(2)25-31-15(22)4/h9-11H,5-8H2,1-4H3. The lowest BCUT2D eigenvalue weighted by molar-refractivity contribution is 0.121. The van der Waals surface area contributed by atoms with Gasteiger partial charge in [0.05, 0.1) is 35.6 Å². The van der Waals surface area contributed by atoms with Crippen LogP contribution in [-0.4, -0.2) is 36.6 Å². The molecule has 0 radical (unpaired) electrons. The Morgan fingerprint density at radius 1 is 0.871 bits per heavy atom. The highest BCUT2D eigenvalue weighted by Crippen LogP contribution is 2.39. The van der Waals surface area contributed by atoms with E-state index < -0.39 is 0 Å². The smallest absolute Gasteiger partial charge is 0.200 e. The number of ether oxygens (including phenoxy) is 1. The summed E-state index contributed by atoms with van der Waals surface area (Å²) in [7, 11) is 0. The fraction of sp³-hybridized carbons (Fsp3) is 0.348. The Hall–Kier alpha value is -3.39. The zero-order chi connectivity index (χ0) is 21.7. The van der Waals surface area contributed by atoms with Crippen molar-refractivity contribution in [2.75, 3.05) is 31.2 Å². The van der Waals surface area contributed by atoms with Gasteiger partial charge in [-0.05, 0) is 45.4 Å². The summed E-state index contributed by atoms with van der Waals surface area (Å²) in [5, 5.41) is 8.67. The van der Waals surface area contributed by atoms with Gasteiger partial charge in [-0.15, -0.1) is 0 Å². The molecule has 8 nitrogen and oxygen atoms in total. The van der Waals surface area contributed by atoms with Crippen molar-refractivity contribution in [2.24, 2.45) is 0 Å². The molecule has 0 unspecified atom stereocenters. The Labute approximate surface area is 178 Å². The monoisotopic (exact) mass is 421 g/mol. The third kappa shape index (κ3) is 3.23. The zero-order valence-electron chi connectivity index (χ0n) is 17.9. The van der Waals surface area contributed by atoms with Gasteiger partial charge >= 0.3 is 0 Å². The molecule has 4 aromatic rings. The number of aryl methyl sites for hydroxylation is 4. The molecule has 1 aliphatic rings. The molecule has 160 valence electrons. The zero-order valence-corrected chi connectivity index (χ0v) is 17.9. The molecular weight excluding hydrogens is 398 g/mol. The Morgan fingerprint density at radius 3 is 2.13 bits per heavy atom. The van der Waals surface area contributed by atoms with Gasteiger partial charge in [-0.1, -0.05) is 10.3 Å². The molecular formula is C23H23N3O5. The summed E-state index contributed by atoms with van der Waals surface area (Å²) < 4.78 is 22.6. The number of aromatic nitrogens is 2. The number of morpholine rings is 1. The molecule has 5 rings (SSSR count). The summed E-state index contributed by atoms with van der Waals surface area (Å²) >= 11 is 0. The molecule has 0 atom stereocenters. The van der Waals surface area contributed by atoms with Crippen LogP contribution in [0.2, 0.25) is 0 Å². The highest BCUT2D eigenvalue weighted by atomic mass is 16.5. The van der Waals surface area contributed by atoms with Crippen molar-refractivity contribution < 1.29 is 18.2 Å². The molecule has 1 fully saturated rings. The minimum atomic E-state index is -0.107. The molecule has 31 heavy (non-hydrogen) atoms. The van der Waals surface area contributed by atoms with Gasteiger partial charge in [-0.2, -0.15) is 0 Å². The minimum Gasteiger partial charge on any atom is -0.440 e. The number of fused-ring (bicyclic) bond motifs is 1. The van der Waals surface area contributed by atoms with E-state index in [0.29, 0.717) is 54.7 Å². The third-order valence-electron chi connectivity index (χ3n) is 5.76. The van der Waals surface area contributed by atoms with Crippen LogP contribution < -0.4 is 10.3 Å². The quantitative estimate of drug-likeness (QED) is 0.486. The van der Waals surface area contributed by atoms with E-state index in [-0.39, 0.29) is 5.43 Å². The van der Waals surface area contributed by atoms with Crippen molar-refractivity contribution in [3.05, 3.63) is 51.3 Å². The lowest BCUT2D eigenvalue weighted by Crippen LogP contribution is -2.36. The second-order valence-corrected chi connectivity index (χ2v) is 7.85. The number of anilines is 1. The highest BCUT2D eigenvalue weighted by Gasteiger charge is 2.23. The van der Waals surface area contributed by atoms with Gasteiger partial charge in [0, 0.05) is 30.3 Å². The van der Waals surface area contributed by atoms with Crippen LogP contribution in [0.25, 0.3) is 33.2 Å². The van der Waals surface area contributed by atoms with Crippen molar-refractivity contribution in [3.63, 3.8) is 0 Å². The molecule has 1 aromatic carbocycles. The lowest BCUT2D eigenvalue weighted by atomic mass is 9.94. The number of benzene rings is 1. The maximum atomic E-state index is 13.2. The fourth-order valence-corrected chi connectivity index (χ4v) is 4.28. The van der Waals surface area contributed by atoms with Crippen molar-refractivity contribution in [2.45, 2.75) is 27.7 Å². The maximum Gasteiger partial charge on any atom is 0.200 e. The molecule has 0 amide bonds. The largest absolute Gasteiger partial charge is 0.440 e. The molecule has 0 aliphatic carbocycles. The Morgan fingerprint density at radius 2 is 1.52 bits per heavy atom. The average Bonchev–Trinajstić information content (AvgIpc) is 3.28. The van der Waals surface area contributed by atoms with Crippen LogP contribution in [0.1, 0.15) is 22.9 Å². The normalized spacial score (nSPS) is 14.5. The first-order chi connectivity index (χ1) is 14.9. The number of hydrogen-bond acceptors (Lipinski definition) is 8. The van der Waals surface area contributed by atoms with E-state index in [9.17, 15) is 4.79 Å². The second kappa shape index (κ2) is 7.39. The van der Waals surface area contributed by atoms with Crippen molar-refractivity contribution in [1.82, 2.24) is 10.3 Å². The molecule has 1 saturated heterocycles. The van der Waals surface area contributed by atoms with E-state index in [2.05, 4.69) is 10.3 Å². The number of hydrogen-bond donors (Lipinski definition) is 0. The summed E-state index contributed by atoms with van der Waals surface area (Å²) in [6.45, 7) is 10.0. The van der Waals surface area contributed by atoms with E-state index in [0.717, 1.165) is 33.6 Å².